The summed E-state index contributed by atoms with van der Waals surface area (Å²) >= 11 is 0. The zero-order chi connectivity index (χ0) is 12.9. The fraction of sp³-hybridized carbons (Fsp3) is 1.00. The minimum Gasteiger partial charge on any atom is -0.379 e. The molecule has 0 amide bonds. The Morgan fingerprint density at radius 3 is 2.63 bits per heavy atom. The van der Waals surface area contributed by atoms with E-state index in [4.69, 9.17) is 4.74 Å². The molecule has 3 rings (SSSR count). The van der Waals surface area contributed by atoms with Gasteiger partial charge in [-0.25, -0.2) is 0 Å². The summed E-state index contributed by atoms with van der Waals surface area (Å²) in [6.07, 6.45) is 6.99. The Hall–Kier alpha value is -0.160. The summed E-state index contributed by atoms with van der Waals surface area (Å²) in [4.78, 5) is 5.33. The molecule has 2 unspecified atom stereocenters. The molecule has 2 atom stereocenters. The van der Waals surface area contributed by atoms with E-state index in [0.29, 0.717) is 0 Å². The summed E-state index contributed by atoms with van der Waals surface area (Å²) in [6.45, 7) is 9.13. The number of nitrogens with zero attached hydrogens (tertiary/aromatic N) is 2. The molecule has 4 nitrogen and oxygen atoms in total. The predicted octanol–water partition coefficient (Wildman–Crippen LogP) is 0.925. The van der Waals surface area contributed by atoms with Crippen molar-refractivity contribution < 1.29 is 4.74 Å². The van der Waals surface area contributed by atoms with Crippen LogP contribution in [0.2, 0.25) is 0 Å². The molecule has 3 fully saturated rings. The van der Waals surface area contributed by atoms with Crippen LogP contribution in [0.15, 0.2) is 0 Å². The van der Waals surface area contributed by atoms with Gasteiger partial charge in [-0.1, -0.05) is 6.42 Å². The lowest BCUT2D eigenvalue weighted by Crippen LogP contribution is -2.52. The van der Waals surface area contributed by atoms with E-state index in [0.717, 1.165) is 38.4 Å². The number of ether oxygens (including phenoxy) is 1. The third-order valence-corrected chi connectivity index (χ3v) is 5.03. The molecule has 1 N–H and O–H groups in total. The maximum atomic E-state index is 5.43. The molecule has 0 saturated carbocycles. The van der Waals surface area contributed by atoms with Gasteiger partial charge in [-0.2, -0.15) is 0 Å². The average Bonchev–Trinajstić information content (AvgIpc) is 3.01. The van der Waals surface area contributed by atoms with Gasteiger partial charge in [0.1, 0.15) is 0 Å². The van der Waals surface area contributed by atoms with Crippen LogP contribution in [0, 0.1) is 0 Å². The van der Waals surface area contributed by atoms with Crippen LogP contribution in [0.4, 0.5) is 0 Å². The summed E-state index contributed by atoms with van der Waals surface area (Å²) in [5, 5.41) is 3.72. The van der Waals surface area contributed by atoms with Gasteiger partial charge in [0.15, 0.2) is 0 Å². The maximum absolute atomic E-state index is 5.43. The SMILES string of the molecule is C1CNC(C2CCCCN2CCN2CCOCC2)C1. The first-order chi connectivity index (χ1) is 9.43. The van der Waals surface area contributed by atoms with Crippen LogP contribution in [0.25, 0.3) is 0 Å². The number of nitrogens with one attached hydrogen (secondary N) is 1. The van der Waals surface area contributed by atoms with Crippen molar-refractivity contribution in [2.45, 2.75) is 44.2 Å². The molecule has 19 heavy (non-hydrogen) atoms. The van der Waals surface area contributed by atoms with Crippen molar-refractivity contribution in [2.75, 3.05) is 52.5 Å². The van der Waals surface area contributed by atoms with Crippen molar-refractivity contribution in [2.24, 2.45) is 0 Å². The molecule has 3 aliphatic rings. The van der Waals surface area contributed by atoms with E-state index < -0.39 is 0 Å². The number of hydrogen-bond donors (Lipinski definition) is 1. The van der Waals surface area contributed by atoms with Crippen LogP contribution in [0.1, 0.15) is 32.1 Å². The number of morpholine rings is 1. The minimum absolute atomic E-state index is 0.769. The summed E-state index contributed by atoms with van der Waals surface area (Å²) < 4.78 is 5.43. The molecule has 0 aliphatic carbocycles. The Morgan fingerprint density at radius 2 is 1.84 bits per heavy atom. The second-order valence-electron chi connectivity index (χ2n) is 6.26. The molecule has 110 valence electrons. The fourth-order valence-corrected chi connectivity index (χ4v) is 3.88. The standard InChI is InChI=1S/C15H29N3O/c1-2-7-18(9-8-17-10-12-19-13-11-17)15(5-1)14-4-3-6-16-14/h14-16H,1-13H2. The van der Waals surface area contributed by atoms with Gasteiger partial charge >= 0.3 is 0 Å². The smallest absolute Gasteiger partial charge is 0.0594 e. The number of piperidine rings is 1. The van der Waals surface area contributed by atoms with E-state index in [1.807, 2.05) is 0 Å². The van der Waals surface area contributed by atoms with E-state index >= 15 is 0 Å². The van der Waals surface area contributed by atoms with E-state index in [1.54, 1.807) is 0 Å². The van der Waals surface area contributed by atoms with Gasteiger partial charge in [0.25, 0.3) is 0 Å². The Balaban J connectivity index is 1.48. The van der Waals surface area contributed by atoms with Gasteiger partial charge in [0.2, 0.25) is 0 Å². The third-order valence-electron chi connectivity index (χ3n) is 5.03. The third kappa shape index (κ3) is 3.69. The Morgan fingerprint density at radius 1 is 0.947 bits per heavy atom. The maximum Gasteiger partial charge on any atom is 0.0594 e. The summed E-state index contributed by atoms with van der Waals surface area (Å²) in [6, 6.07) is 1.57. The van der Waals surface area contributed by atoms with Crippen molar-refractivity contribution >= 4 is 0 Å². The van der Waals surface area contributed by atoms with Crippen LogP contribution in [-0.2, 0) is 4.74 Å². The highest BCUT2D eigenvalue weighted by Gasteiger charge is 2.31. The Labute approximate surface area is 117 Å². The predicted molar refractivity (Wildman–Crippen MR) is 77.5 cm³/mol. The van der Waals surface area contributed by atoms with E-state index in [1.165, 1.54) is 58.3 Å². The van der Waals surface area contributed by atoms with E-state index in [-0.39, 0.29) is 0 Å². The topological polar surface area (TPSA) is 27.7 Å². The second-order valence-corrected chi connectivity index (χ2v) is 6.26. The van der Waals surface area contributed by atoms with Crippen molar-refractivity contribution in [3.63, 3.8) is 0 Å². The molecular weight excluding hydrogens is 238 g/mol. The second kappa shape index (κ2) is 7.02. The van der Waals surface area contributed by atoms with Crippen LogP contribution < -0.4 is 5.32 Å². The quantitative estimate of drug-likeness (QED) is 0.820. The highest BCUT2D eigenvalue weighted by molar-refractivity contribution is 4.90. The minimum atomic E-state index is 0.769. The highest BCUT2D eigenvalue weighted by atomic mass is 16.5. The molecule has 0 bridgehead atoms. The summed E-state index contributed by atoms with van der Waals surface area (Å²) in [7, 11) is 0. The molecule has 3 heterocycles. The molecule has 0 spiro atoms. The lowest BCUT2D eigenvalue weighted by atomic mass is 9.94. The summed E-state index contributed by atoms with van der Waals surface area (Å²) in [5.41, 5.74) is 0. The van der Waals surface area contributed by atoms with Gasteiger partial charge < -0.3 is 10.1 Å². The molecule has 0 aromatic rings. The van der Waals surface area contributed by atoms with Gasteiger partial charge in [-0.05, 0) is 38.8 Å². The van der Waals surface area contributed by atoms with Crippen LogP contribution in [0.5, 0.6) is 0 Å². The molecule has 3 saturated heterocycles. The number of likely N-dealkylation sites (tertiary alicyclic amines) is 1. The normalized spacial score (nSPS) is 34.7. The Kier molecular flexibility index (Phi) is 5.10. The van der Waals surface area contributed by atoms with Crippen LogP contribution >= 0.6 is 0 Å². The fourth-order valence-electron chi connectivity index (χ4n) is 3.88. The highest BCUT2D eigenvalue weighted by Crippen LogP contribution is 2.24. The lowest BCUT2D eigenvalue weighted by Gasteiger charge is -2.40. The van der Waals surface area contributed by atoms with Gasteiger partial charge in [-0.15, -0.1) is 0 Å². The molecule has 0 radical (unpaired) electrons. The van der Waals surface area contributed by atoms with Crippen LogP contribution in [0.3, 0.4) is 0 Å². The largest absolute Gasteiger partial charge is 0.379 e. The first-order valence-electron chi connectivity index (χ1n) is 8.21. The monoisotopic (exact) mass is 267 g/mol. The summed E-state index contributed by atoms with van der Waals surface area (Å²) in [5.74, 6) is 0. The number of hydrogen-bond acceptors (Lipinski definition) is 4. The average molecular weight is 267 g/mol. The first-order valence-corrected chi connectivity index (χ1v) is 8.21. The zero-order valence-electron chi connectivity index (χ0n) is 12.1. The molecule has 4 heteroatoms. The molecule has 0 aromatic carbocycles. The van der Waals surface area contributed by atoms with Crippen molar-refractivity contribution in [3.8, 4) is 0 Å². The lowest BCUT2D eigenvalue weighted by molar-refractivity contribution is 0.0262. The Bertz CT molecular complexity index is 262. The van der Waals surface area contributed by atoms with E-state index in [2.05, 4.69) is 15.1 Å². The van der Waals surface area contributed by atoms with Crippen molar-refractivity contribution in [1.29, 1.82) is 0 Å². The molecule has 0 aromatic heterocycles. The number of rotatable bonds is 4. The van der Waals surface area contributed by atoms with Gasteiger partial charge in [-0.3, -0.25) is 9.80 Å². The van der Waals surface area contributed by atoms with Crippen molar-refractivity contribution in [1.82, 2.24) is 15.1 Å². The van der Waals surface area contributed by atoms with Crippen LogP contribution in [-0.4, -0.2) is 74.4 Å². The van der Waals surface area contributed by atoms with E-state index in [9.17, 15) is 0 Å². The van der Waals surface area contributed by atoms with Crippen molar-refractivity contribution in [3.05, 3.63) is 0 Å². The van der Waals surface area contributed by atoms with Gasteiger partial charge in [0.05, 0.1) is 13.2 Å². The molecular formula is C15H29N3O. The first kappa shape index (κ1) is 13.8. The molecule has 3 aliphatic heterocycles. The van der Waals surface area contributed by atoms with Gasteiger partial charge in [0, 0.05) is 38.3 Å². The zero-order valence-corrected chi connectivity index (χ0v) is 12.1.